The predicted molar refractivity (Wildman–Crippen MR) is 142 cm³/mol. The molecule has 6 nitrogen and oxygen atoms in total. The lowest BCUT2D eigenvalue weighted by molar-refractivity contribution is -0.280. The first-order valence-electron chi connectivity index (χ1n) is 14.6. The second-order valence-corrected chi connectivity index (χ2v) is 15.1. The van der Waals surface area contributed by atoms with Crippen LogP contribution in [-0.4, -0.2) is 57.9 Å². The molecule has 0 radical (unpaired) electrons. The van der Waals surface area contributed by atoms with Crippen LogP contribution in [0, 0.1) is 56.7 Å². The topological polar surface area (TPSA) is 107 Å². The van der Waals surface area contributed by atoms with E-state index < -0.39 is 40.5 Å². The third kappa shape index (κ3) is 3.16. The molecule has 0 aromatic rings. The van der Waals surface area contributed by atoms with Gasteiger partial charge in [-0.05, 0) is 78.4 Å². The first-order valence-corrected chi connectivity index (χ1v) is 14.6. The third-order valence-corrected chi connectivity index (χ3v) is 13.6. The molecule has 5 rings (SSSR count). The fraction of sp³-hybridized carbons (Fsp3) is 0.903. The largest absolute Gasteiger partial charge is 0.481 e. The van der Waals surface area contributed by atoms with Crippen molar-refractivity contribution in [2.24, 2.45) is 56.7 Å². The van der Waals surface area contributed by atoms with Crippen LogP contribution in [0.2, 0.25) is 0 Å². The molecule has 13 atom stereocenters. The van der Waals surface area contributed by atoms with E-state index in [0.717, 1.165) is 12.8 Å². The van der Waals surface area contributed by atoms with Crippen LogP contribution in [0.4, 0.5) is 0 Å². The Morgan fingerprint density at radius 3 is 2.27 bits per heavy atom. The lowest BCUT2D eigenvalue weighted by Gasteiger charge is -2.73. The summed E-state index contributed by atoms with van der Waals surface area (Å²) >= 11 is 0. The number of carboxylic acid groups (broad SMARTS) is 1. The zero-order valence-electron chi connectivity index (χ0n) is 24.1. The van der Waals surface area contributed by atoms with Gasteiger partial charge in [-0.25, -0.2) is 0 Å². The third-order valence-electron chi connectivity index (χ3n) is 13.6. The summed E-state index contributed by atoms with van der Waals surface area (Å²) in [4.78, 5) is 12.9. The highest BCUT2D eigenvalue weighted by atomic mass is 16.5. The van der Waals surface area contributed by atoms with Gasteiger partial charge in [0.25, 0.3) is 0 Å². The molecule has 0 saturated heterocycles. The summed E-state index contributed by atoms with van der Waals surface area (Å²) < 4.78 is 6.27. The molecule has 0 amide bonds. The number of hydrogen-bond donors (Lipinski definition) is 4. The molecule has 0 bridgehead atoms. The minimum atomic E-state index is -0.844. The molecule has 0 aliphatic heterocycles. The first kappa shape index (κ1) is 27.6. The van der Waals surface area contributed by atoms with Crippen LogP contribution < -0.4 is 0 Å². The van der Waals surface area contributed by atoms with Crippen molar-refractivity contribution >= 4 is 5.97 Å². The van der Waals surface area contributed by atoms with E-state index in [-0.39, 0.29) is 40.6 Å². The van der Waals surface area contributed by atoms with Gasteiger partial charge in [0.05, 0.1) is 29.8 Å². The monoisotopic (exact) mass is 518 g/mol. The fourth-order valence-electron chi connectivity index (χ4n) is 11.2. The van der Waals surface area contributed by atoms with E-state index in [1.807, 2.05) is 13.8 Å². The quantitative estimate of drug-likeness (QED) is 0.396. The fourth-order valence-corrected chi connectivity index (χ4v) is 11.2. The van der Waals surface area contributed by atoms with Gasteiger partial charge in [-0.1, -0.05) is 60.1 Å². The molecule has 5 aliphatic carbocycles. The van der Waals surface area contributed by atoms with Crippen molar-refractivity contribution in [3.05, 3.63) is 11.6 Å². The lowest BCUT2D eigenvalue weighted by Crippen LogP contribution is -2.73. The minimum Gasteiger partial charge on any atom is -0.481 e. The Balaban J connectivity index is 1.73. The average Bonchev–Trinajstić information content (AvgIpc) is 2.82. The molecule has 0 heterocycles. The van der Waals surface area contributed by atoms with Gasteiger partial charge in [-0.2, -0.15) is 0 Å². The van der Waals surface area contributed by atoms with Crippen LogP contribution in [0.3, 0.4) is 0 Å². The van der Waals surface area contributed by atoms with Gasteiger partial charge in [-0.15, -0.1) is 0 Å². The molecule has 0 aromatic heterocycles. The molecule has 37 heavy (non-hydrogen) atoms. The van der Waals surface area contributed by atoms with Crippen molar-refractivity contribution in [2.75, 3.05) is 7.11 Å². The zero-order valence-corrected chi connectivity index (χ0v) is 24.1. The number of allylic oxidation sites excluding steroid dienone is 1. The molecule has 4 saturated carbocycles. The Kier molecular flexibility index (Phi) is 6.18. The van der Waals surface area contributed by atoms with Crippen LogP contribution in [0.25, 0.3) is 0 Å². The van der Waals surface area contributed by atoms with Crippen LogP contribution >= 0.6 is 0 Å². The number of fused-ring (bicyclic) bond motifs is 7. The number of rotatable bonds is 2. The van der Waals surface area contributed by atoms with Crippen molar-refractivity contribution < 1.29 is 30.0 Å². The lowest BCUT2D eigenvalue weighted by atomic mass is 9.32. The Bertz CT molecular complexity index is 990. The van der Waals surface area contributed by atoms with Crippen molar-refractivity contribution in [3.8, 4) is 0 Å². The van der Waals surface area contributed by atoms with E-state index in [1.165, 1.54) is 5.57 Å². The average molecular weight is 519 g/mol. The summed E-state index contributed by atoms with van der Waals surface area (Å²) in [5, 5.41) is 44.9. The van der Waals surface area contributed by atoms with Gasteiger partial charge in [0.15, 0.2) is 0 Å². The molecule has 4 N–H and O–H groups in total. The van der Waals surface area contributed by atoms with Crippen molar-refractivity contribution in [1.82, 2.24) is 0 Å². The van der Waals surface area contributed by atoms with Crippen LogP contribution in [0.1, 0.15) is 87.0 Å². The number of ether oxygens (including phenoxy) is 1. The summed E-state index contributed by atoms with van der Waals surface area (Å²) in [5.74, 6) is -0.177. The highest BCUT2D eigenvalue weighted by Crippen LogP contribution is 2.76. The number of aliphatic hydroxyl groups is 3. The highest BCUT2D eigenvalue weighted by molar-refractivity contribution is 5.76. The molecule has 210 valence electrons. The normalized spacial score (nSPS) is 56.7. The van der Waals surface area contributed by atoms with Gasteiger partial charge in [-0.3, -0.25) is 4.79 Å². The molecular weight excluding hydrogens is 468 g/mol. The van der Waals surface area contributed by atoms with E-state index in [4.69, 9.17) is 4.74 Å². The van der Waals surface area contributed by atoms with Crippen LogP contribution in [0.5, 0.6) is 0 Å². The highest BCUT2D eigenvalue weighted by Gasteiger charge is 2.74. The molecule has 5 aliphatic rings. The van der Waals surface area contributed by atoms with Gasteiger partial charge < -0.3 is 25.2 Å². The summed E-state index contributed by atoms with van der Waals surface area (Å²) in [6, 6.07) is 0. The standard InChI is InChI=1S/C31H50O6/c1-16-9-10-31(26(35)36)12-11-29(6)18(23(31)17(16)2)13-20(37-8)24-28(5)15-19(32)25(34)27(3,4)21(28)14-22(33)30(24,29)7/h13,16-17,19-25,32-34H,9-12,14-15H2,1-8H3,(H,35,36)/t16-,17+,19-,20?,21+,22+,23+,24?,25+,28+,29-,30-,31+/m1/s1. The summed E-state index contributed by atoms with van der Waals surface area (Å²) in [7, 11) is 1.73. The molecule has 6 heteroatoms. The molecule has 4 fully saturated rings. The SMILES string of the molecule is COC1C=C2[C@@H]3[C@@H](C)[C@H](C)CC[C@]3(C(=O)O)CC[C@@]2(C)[C@@]2(C)C1[C@@]1(C)C[C@@H](O)[C@H](O)C(C)(C)[C@@H]1C[C@@H]2O. The number of methoxy groups -OCH3 is 1. The van der Waals surface area contributed by atoms with E-state index in [9.17, 15) is 25.2 Å². The van der Waals surface area contributed by atoms with Gasteiger partial charge in [0, 0.05) is 18.4 Å². The van der Waals surface area contributed by atoms with E-state index in [0.29, 0.717) is 31.6 Å². The number of aliphatic hydroxyl groups excluding tert-OH is 3. The van der Waals surface area contributed by atoms with Gasteiger partial charge >= 0.3 is 5.97 Å². The summed E-state index contributed by atoms with van der Waals surface area (Å²) in [6.45, 7) is 15.3. The maximum atomic E-state index is 12.9. The second-order valence-electron chi connectivity index (χ2n) is 15.1. The molecular formula is C31H50O6. The Morgan fingerprint density at radius 1 is 1.03 bits per heavy atom. The summed E-state index contributed by atoms with van der Waals surface area (Å²) in [6.07, 6.45) is 3.64. The van der Waals surface area contributed by atoms with E-state index in [1.54, 1.807) is 7.11 Å². The van der Waals surface area contributed by atoms with Crippen molar-refractivity contribution in [3.63, 3.8) is 0 Å². The van der Waals surface area contributed by atoms with Gasteiger partial charge in [0.2, 0.25) is 0 Å². The Labute approximate surface area is 222 Å². The Hall–Kier alpha value is -0.950. The summed E-state index contributed by atoms with van der Waals surface area (Å²) in [5.41, 5.74) is -1.46. The van der Waals surface area contributed by atoms with Crippen LogP contribution in [-0.2, 0) is 9.53 Å². The van der Waals surface area contributed by atoms with Gasteiger partial charge in [0.1, 0.15) is 0 Å². The van der Waals surface area contributed by atoms with Crippen LogP contribution in [0.15, 0.2) is 11.6 Å². The predicted octanol–water partition coefficient (Wildman–Crippen LogP) is 4.66. The smallest absolute Gasteiger partial charge is 0.310 e. The first-order chi connectivity index (χ1) is 17.0. The second kappa shape index (κ2) is 8.28. The van der Waals surface area contributed by atoms with Crippen molar-refractivity contribution in [2.45, 2.75) is 111 Å². The zero-order chi connectivity index (χ0) is 27.5. The maximum absolute atomic E-state index is 12.9. The maximum Gasteiger partial charge on any atom is 0.310 e. The number of carbonyl (C=O) groups is 1. The Morgan fingerprint density at radius 2 is 1.68 bits per heavy atom. The number of hydrogen-bond acceptors (Lipinski definition) is 5. The minimum absolute atomic E-state index is 0.0120. The number of carboxylic acids is 1. The van der Waals surface area contributed by atoms with Crippen molar-refractivity contribution in [1.29, 1.82) is 0 Å². The molecule has 0 spiro atoms. The van der Waals surface area contributed by atoms with E-state index in [2.05, 4.69) is 40.7 Å². The van der Waals surface area contributed by atoms with E-state index >= 15 is 0 Å². The number of aliphatic carboxylic acids is 1. The molecule has 0 aromatic carbocycles. The molecule has 2 unspecified atom stereocenters.